The van der Waals surface area contributed by atoms with E-state index in [1.54, 1.807) is 6.20 Å². The summed E-state index contributed by atoms with van der Waals surface area (Å²) >= 11 is 0. The molecule has 1 aromatic rings. The molecule has 0 bridgehead atoms. The first-order chi connectivity index (χ1) is 4.50. The molecule has 12 heavy (non-hydrogen) atoms. The van der Waals surface area contributed by atoms with E-state index in [1.165, 1.54) is 12.7 Å². The third-order valence-electron chi connectivity index (χ3n) is 0.347. The van der Waals surface area contributed by atoms with Crippen molar-refractivity contribution < 1.29 is 23.7 Å². The molecule has 0 amide bonds. The van der Waals surface area contributed by atoms with E-state index in [4.69, 9.17) is 19.2 Å². The van der Waals surface area contributed by atoms with Crippen molar-refractivity contribution in [3.8, 4) is 0 Å². The third-order valence-corrected chi connectivity index (χ3v) is 0.347. The van der Waals surface area contributed by atoms with Gasteiger partial charge in [0, 0.05) is 0 Å². The van der Waals surface area contributed by atoms with Crippen LogP contribution in [0.3, 0.4) is 0 Å². The van der Waals surface area contributed by atoms with Gasteiger partial charge in [-0.1, -0.05) is 0 Å². The number of nitrogens with zero attached hydrogens (tertiary/aromatic N) is 1. The van der Waals surface area contributed by atoms with Gasteiger partial charge < -0.3 is 19.1 Å². The van der Waals surface area contributed by atoms with Gasteiger partial charge in [0.2, 0.25) is 0 Å². The van der Waals surface area contributed by atoms with E-state index in [9.17, 15) is 0 Å². The van der Waals surface area contributed by atoms with Crippen LogP contribution in [-0.4, -0.2) is 78.8 Å². The van der Waals surface area contributed by atoms with Crippen molar-refractivity contribution >= 4 is 66.9 Å². The number of hydrogen-bond acceptors (Lipinski definition) is 3. The summed E-state index contributed by atoms with van der Waals surface area (Å²) in [6.45, 7) is 0. The zero-order chi connectivity index (χ0) is 8.04. The second kappa shape index (κ2) is 10.4. The van der Waals surface area contributed by atoms with Crippen LogP contribution in [0.4, 0.5) is 0 Å². The number of aromatic nitrogens is 1. The largest absolute Gasteiger partial charge is 0.452 e. The fourth-order valence-electron chi connectivity index (χ4n) is 0.176. The van der Waals surface area contributed by atoms with Gasteiger partial charge in [0.15, 0.2) is 6.39 Å². The van der Waals surface area contributed by atoms with E-state index in [1.807, 2.05) is 0 Å². The van der Waals surface area contributed by atoms with Crippen molar-refractivity contribution in [2.75, 3.05) is 0 Å². The summed E-state index contributed by atoms with van der Waals surface area (Å²) < 4.78 is 13.4. The standard InChI is InChI=1S/C3H3NO.2Na.H3O4P.2H/c1-2-5-3-4-1;;;1-5(2,3)4;;/h1-3H;;;(H3,1,2,3,4);;. The molecule has 0 aliphatic carbocycles. The minimum atomic E-state index is -4.64. The van der Waals surface area contributed by atoms with Gasteiger partial charge in [0.1, 0.15) is 6.26 Å². The molecule has 1 rings (SSSR count). The summed E-state index contributed by atoms with van der Waals surface area (Å²) in [6, 6.07) is 0. The van der Waals surface area contributed by atoms with Gasteiger partial charge in [0.25, 0.3) is 0 Å². The molecule has 0 radical (unpaired) electrons. The molecule has 0 aromatic carbocycles. The van der Waals surface area contributed by atoms with E-state index in [-0.39, 0.29) is 59.1 Å². The number of phosphoric acid groups is 1. The van der Waals surface area contributed by atoms with Crippen LogP contribution in [0.25, 0.3) is 0 Å². The van der Waals surface area contributed by atoms with Crippen LogP contribution in [-0.2, 0) is 4.57 Å². The van der Waals surface area contributed by atoms with E-state index in [0.717, 1.165) is 0 Å². The van der Waals surface area contributed by atoms with Crippen LogP contribution in [0.2, 0.25) is 0 Å². The zero-order valence-electron chi connectivity index (χ0n) is 4.78. The van der Waals surface area contributed by atoms with E-state index in [2.05, 4.69) is 9.40 Å². The third kappa shape index (κ3) is 30.2. The Morgan fingerprint density at radius 1 is 1.25 bits per heavy atom. The average Bonchev–Trinajstić information content (AvgIpc) is 2.07. The van der Waals surface area contributed by atoms with Crippen molar-refractivity contribution in [2.45, 2.75) is 0 Å². The monoisotopic (exact) mass is 215 g/mol. The molecule has 0 aliphatic rings. The Labute approximate surface area is 113 Å². The molecule has 0 unspecified atom stereocenters. The average molecular weight is 215 g/mol. The van der Waals surface area contributed by atoms with Crippen molar-refractivity contribution in [3.05, 3.63) is 18.9 Å². The molecule has 9 heteroatoms. The molecule has 1 heterocycles. The van der Waals surface area contributed by atoms with Gasteiger partial charge in [-0.15, -0.1) is 0 Å². The summed E-state index contributed by atoms with van der Waals surface area (Å²) in [6.07, 6.45) is 4.47. The van der Waals surface area contributed by atoms with Gasteiger partial charge in [-0.05, 0) is 0 Å². The van der Waals surface area contributed by atoms with Gasteiger partial charge in [-0.3, -0.25) is 0 Å². The van der Waals surface area contributed by atoms with Gasteiger partial charge in [0.05, 0.1) is 6.20 Å². The summed E-state index contributed by atoms with van der Waals surface area (Å²) in [7, 11) is -4.64. The Morgan fingerprint density at radius 2 is 1.67 bits per heavy atom. The molecule has 6 nitrogen and oxygen atoms in total. The maximum atomic E-state index is 8.88. The number of rotatable bonds is 0. The molecule has 0 aliphatic heterocycles. The SMILES string of the molecule is O=P(O)(O)O.[NaH].[NaH].c1cocn1. The van der Waals surface area contributed by atoms with Crippen molar-refractivity contribution in [1.29, 1.82) is 0 Å². The van der Waals surface area contributed by atoms with Crippen LogP contribution in [0.1, 0.15) is 0 Å². The fourth-order valence-corrected chi connectivity index (χ4v) is 0.176. The molecule has 62 valence electrons. The summed E-state index contributed by atoms with van der Waals surface area (Å²) in [5.41, 5.74) is 0. The molecule has 0 atom stereocenters. The predicted molar refractivity (Wildman–Crippen MR) is 45.1 cm³/mol. The molecular weight excluding hydrogens is 207 g/mol. The topological polar surface area (TPSA) is 104 Å². The van der Waals surface area contributed by atoms with Crippen LogP contribution in [0.15, 0.2) is 23.3 Å². The quantitative estimate of drug-likeness (QED) is 0.357. The maximum Gasteiger partial charge on any atom is 0.180 e. The number of oxazole rings is 1. The Hall–Kier alpha value is 1.32. The predicted octanol–water partition coefficient (Wildman–Crippen LogP) is -1.55. The van der Waals surface area contributed by atoms with Crippen LogP contribution in [0, 0.1) is 0 Å². The van der Waals surface area contributed by atoms with E-state index < -0.39 is 7.82 Å². The fraction of sp³-hybridized carbons (Fsp3) is 0. The Kier molecular flexibility index (Phi) is 16.5. The summed E-state index contributed by atoms with van der Waals surface area (Å²) in [4.78, 5) is 25.1. The molecule has 1 aromatic heterocycles. The minimum absolute atomic E-state index is 0. The number of hydrogen-bond donors (Lipinski definition) is 3. The normalized spacial score (nSPS) is 8.25. The first kappa shape index (κ1) is 19.0. The smallest absolute Gasteiger partial charge is 0.180 e. The van der Waals surface area contributed by atoms with Gasteiger partial charge >= 0.3 is 66.9 Å². The van der Waals surface area contributed by atoms with E-state index in [0.29, 0.717) is 0 Å². The second-order valence-electron chi connectivity index (χ2n) is 1.19. The molecular formula is C3H8NNa2O5P. The van der Waals surface area contributed by atoms with Gasteiger partial charge in [-0.25, -0.2) is 9.55 Å². The second-order valence-corrected chi connectivity index (χ2v) is 2.22. The first-order valence-corrected chi connectivity index (χ1v) is 3.67. The van der Waals surface area contributed by atoms with Crippen molar-refractivity contribution in [3.63, 3.8) is 0 Å². The zero-order valence-corrected chi connectivity index (χ0v) is 5.68. The molecule has 0 spiro atoms. The molecule has 0 fully saturated rings. The van der Waals surface area contributed by atoms with Crippen molar-refractivity contribution in [2.24, 2.45) is 0 Å². The Balaban J connectivity index is -0.000000116. The molecule has 0 saturated heterocycles. The minimum Gasteiger partial charge on any atom is -0.452 e. The molecule has 3 N–H and O–H groups in total. The first-order valence-electron chi connectivity index (χ1n) is 2.10. The van der Waals surface area contributed by atoms with Crippen molar-refractivity contribution in [1.82, 2.24) is 4.98 Å². The van der Waals surface area contributed by atoms with Gasteiger partial charge in [-0.2, -0.15) is 0 Å². The van der Waals surface area contributed by atoms with Crippen LogP contribution < -0.4 is 0 Å². The Bertz CT molecular complexity index is 173. The summed E-state index contributed by atoms with van der Waals surface area (Å²) in [5, 5.41) is 0. The van der Waals surface area contributed by atoms with E-state index >= 15 is 0 Å². The maximum absolute atomic E-state index is 8.88. The van der Waals surface area contributed by atoms with Crippen LogP contribution >= 0.6 is 7.82 Å². The Morgan fingerprint density at radius 3 is 1.75 bits per heavy atom. The summed E-state index contributed by atoms with van der Waals surface area (Å²) in [5.74, 6) is 0. The molecule has 0 saturated carbocycles. The van der Waals surface area contributed by atoms with Crippen LogP contribution in [0.5, 0.6) is 0 Å².